The van der Waals surface area contributed by atoms with Crippen molar-refractivity contribution in [3.05, 3.63) is 91.8 Å². The van der Waals surface area contributed by atoms with E-state index in [1.54, 1.807) is 42.5 Å². The highest BCUT2D eigenvalue weighted by Gasteiger charge is 2.41. The number of fused-ring (bicyclic) bond motifs is 2. The lowest BCUT2D eigenvalue weighted by atomic mass is 10.1. The van der Waals surface area contributed by atoms with Crippen LogP contribution in [0.3, 0.4) is 0 Å². The molecule has 0 saturated carbocycles. The first kappa shape index (κ1) is 26.2. The van der Waals surface area contributed by atoms with Gasteiger partial charge in [-0.2, -0.15) is 0 Å². The van der Waals surface area contributed by atoms with Gasteiger partial charge < -0.3 is 9.64 Å². The van der Waals surface area contributed by atoms with E-state index in [4.69, 9.17) is 27.9 Å². The molecule has 4 aromatic rings. The Morgan fingerprint density at radius 3 is 2.39 bits per heavy atom. The van der Waals surface area contributed by atoms with E-state index in [1.807, 2.05) is 23.6 Å². The Morgan fingerprint density at radius 2 is 1.74 bits per heavy atom. The lowest BCUT2D eigenvalue weighted by Crippen LogP contribution is -2.48. The van der Waals surface area contributed by atoms with E-state index >= 15 is 0 Å². The number of benzene rings is 2. The Kier molecular flexibility index (Phi) is 6.94. The van der Waals surface area contributed by atoms with Crippen LogP contribution in [0.1, 0.15) is 38.9 Å². The fraction of sp³-hybridized carbons (Fsp3) is 0.185. The summed E-state index contributed by atoms with van der Waals surface area (Å²) in [7, 11) is 1.53. The van der Waals surface area contributed by atoms with Crippen LogP contribution in [-0.4, -0.2) is 45.1 Å². The average Bonchev–Trinajstić information content (AvgIpc) is 3.35. The molecular weight excluding hydrogens is 595 g/mol. The van der Waals surface area contributed by atoms with Gasteiger partial charge in [-0.05, 0) is 66.2 Å². The number of hydrogen-bond acceptors (Lipinski definition) is 5. The van der Waals surface area contributed by atoms with E-state index in [-0.39, 0.29) is 22.8 Å². The van der Waals surface area contributed by atoms with E-state index in [0.29, 0.717) is 27.7 Å². The minimum Gasteiger partial charge on any atom is -0.485 e. The number of ether oxygens (including phenoxy) is 1. The van der Waals surface area contributed by atoms with Crippen molar-refractivity contribution in [3.8, 4) is 5.75 Å². The van der Waals surface area contributed by atoms with Crippen molar-refractivity contribution < 1.29 is 19.1 Å². The van der Waals surface area contributed by atoms with Crippen LogP contribution in [0.5, 0.6) is 5.75 Å². The van der Waals surface area contributed by atoms with Crippen molar-refractivity contribution in [2.24, 2.45) is 0 Å². The van der Waals surface area contributed by atoms with E-state index in [2.05, 4.69) is 20.9 Å². The maximum absolute atomic E-state index is 13.4. The van der Waals surface area contributed by atoms with Gasteiger partial charge in [-0.25, -0.2) is 4.98 Å². The molecule has 8 nitrogen and oxygen atoms in total. The van der Waals surface area contributed by atoms with Gasteiger partial charge in [0.05, 0.1) is 27.5 Å². The van der Waals surface area contributed by atoms with Crippen LogP contribution in [0.4, 0.5) is 5.69 Å². The maximum atomic E-state index is 13.4. The van der Waals surface area contributed by atoms with Crippen molar-refractivity contribution in [3.63, 3.8) is 0 Å². The number of aromatic nitrogens is 2. The van der Waals surface area contributed by atoms with Gasteiger partial charge in [-0.1, -0.05) is 35.3 Å². The van der Waals surface area contributed by atoms with Crippen molar-refractivity contribution in [2.75, 3.05) is 11.9 Å². The first-order chi connectivity index (χ1) is 18.1. The number of imide groups is 1. The number of aryl methyl sites for hydroxylation is 1. The largest absolute Gasteiger partial charge is 0.485 e. The van der Waals surface area contributed by atoms with Gasteiger partial charge in [0.25, 0.3) is 11.8 Å². The zero-order valence-corrected chi connectivity index (χ0v) is 23.6. The van der Waals surface area contributed by atoms with Gasteiger partial charge in [-0.15, -0.1) is 0 Å². The van der Waals surface area contributed by atoms with Crippen LogP contribution >= 0.6 is 39.1 Å². The topological polar surface area (TPSA) is 84.2 Å². The fourth-order valence-corrected chi connectivity index (χ4v) is 5.42. The van der Waals surface area contributed by atoms with Crippen LogP contribution < -0.4 is 9.64 Å². The van der Waals surface area contributed by atoms with Crippen LogP contribution in [0.25, 0.3) is 5.65 Å². The summed E-state index contributed by atoms with van der Waals surface area (Å²) in [6.45, 7) is 3.41. The minimum atomic E-state index is -1.06. The first-order valence-electron chi connectivity index (χ1n) is 11.6. The van der Waals surface area contributed by atoms with Crippen LogP contribution in [-0.2, 0) is 11.4 Å². The number of anilines is 1. The molecule has 0 aliphatic carbocycles. The number of amides is 3. The molecule has 1 atom stereocenters. The number of halogens is 3. The summed E-state index contributed by atoms with van der Waals surface area (Å²) >= 11 is 16.7. The second-order valence-electron chi connectivity index (χ2n) is 8.80. The molecule has 194 valence electrons. The second-order valence-corrected chi connectivity index (χ2v) is 10.3. The third-order valence-corrected chi connectivity index (χ3v) is 8.25. The molecule has 2 aromatic heterocycles. The number of imidazole rings is 1. The van der Waals surface area contributed by atoms with Crippen LogP contribution in [0.2, 0.25) is 10.0 Å². The van der Waals surface area contributed by atoms with Crippen molar-refractivity contribution in [1.29, 1.82) is 0 Å². The van der Waals surface area contributed by atoms with Crippen molar-refractivity contribution >= 4 is 68.2 Å². The molecule has 2 aromatic carbocycles. The Bertz CT molecular complexity index is 1600. The zero-order valence-electron chi connectivity index (χ0n) is 20.5. The lowest BCUT2D eigenvalue weighted by molar-refractivity contribution is -0.121. The van der Waals surface area contributed by atoms with Crippen LogP contribution in [0, 0.1) is 6.92 Å². The first-order valence-corrected chi connectivity index (χ1v) is 13.1. The molecule has 0 saturated heterocycles. The monoisotopic (exact) mass is 614 g/mol. The predicted octanol–water partition coefficient (Wildman–Crippen LogP) is 5.94. The Morgan fingerprint density at radius 1 is 1.08 bits per heavy atom. The molecule has 11 heteroatoms. The van der Waals surface area contributed by atoms with E-state index in [1.165, 1.54) is 18.9 Å². The number of rotatable bonds is 6. The normalized spacial score (nSPS) is 13.7. The third-order valence-electron chi connectivity index (χ3n) is 6.51. The van der Waals surface area contributed by atoms with Gasteiger partial charge in [0.15, 0.2) is 11.4 Å². The standard InChI is InChI=1S/C27H21BrCl2N4O4/c1-14-23(28)33-12-6-9-21(24(33)31-14)38-13-18-19(29)10-11-20(22(18)30)32(3)25(35)15(2)34-26(36)16-7-4-5-8-17(16)27(34)37/h4-12,15H,13H2,1-3H3. The summed E-state index contributed by atoms with van der Waals surface area (Å²) in [5, 5.41) is 0.580. The Labute approximate surface area is 236 Å². The Hall–Kier alpha value is -3.40. The van der Waals surface area contributed by atoms with E-state index < -0.39 is 23.8 Å². The molecule has 0 spiro atoms. The lowest BCUT2D eigenvalue weighted by Gasteiger charge is -2.28. The summed E-state index contributed by atoms with van der Waals surface area (Å²) in [5.74, 6) is -0.974. The maximum Gasteiger partial charge on any atom is 0.262 e. The third kappa shape index (κ3) is 4.24. The molecule has 3 amide bonds. The smallest absolute Gasteiger partial charge is 0.262 e. The van der Waals surface area contributed by atoms with Gasteiger partial charge >= 0.3 is 0 Å². The molecule has 0 bridgehead atoms. The van der Waals surface area contributed by atoms with Crippen molar-refractivity contribution in [2.45, 2.75) is 26.5 Å². The summed E-state index contributed by atoms with van der Waals surface area (Å²) in [4.78, 5) is 46.0. The molecule has 1 aliphatic heterocycles. The highest BCUT2D eigenvalue weighted by molar-refractivity contribution is 9.10. The molecule has 38 heavy (non-hydrogen) atoms. The van der Waals surface area contributed by atoms with Crippen LogP contribution in [0.15, 0.2) is 59.3 Å². The number of hydrogen-bond donors (Lipinski definition) is 0. The second kappa shape index (κ2) is 10.1. The molecular formula is C27H21BrCl2N4O4. The van der Waals surface area contributed by atoms with Gasteiger partial charge in [-0.3, -0.25) is 23.7 Å². The SMILES string of the molecule is Cc1nc2c(OCc3c(Cl)ccc(N(C)C(=O)C(C)N4C(=O)c5ccccc5C4=O)c3Cl)cccn2c1Br. The van der Waals surface area contributed by atoms with E-state index in [0.717, 1.165) is 15.2 Å². The average molecular weight is 616 g/mol. The van der Waals surface area contributed by atoms with E-state index in [9.17, 15) is 14.4 Å². The Balaban J connectivity index is 1.39. The van der Waals surface area contributed by atoms with Gasteiger partial charge in [0, 0.05) is 23.8 Å². The van der Waals surface area contributed by atoms with Crippen molar-refractivity contribution in [1.82, 2.24) is 14.3 Å². The van der Waals surface area contributed by atoms with Gasteiger partial charge in [0.1, 0.15) is 17.3 Å². The molecule has 1 aliphatic rings. The number of likely N-dealkylation sites (N-methyl/N-ethyl adjacent to an activating group) is 1. The minimum absolute atomic E-state index is 0.0185. The highest BCUT2D eigenvalue weighted by atomic mass is 79.9. The fourth-order valence-electron chi connectivity index (χ4n) is 4.44. The zero-order chi connectivity index (χ0) is 27.3. The summed E-state index contributed by atoms with van der Waals surface area (Å²) in [5.41, 5.74) is 2.83. The molecule has 1 unspecified atom stereocenters. The quantitative estimate of drug-likeness (QED) is 0.251. The number of carbonyl (C=O) groups excluding carboxylic acids is 3. The molecule has 5 rings (SSSR count). The molecule has 3 heterocycles. The molecule has 0 N–H and O–H groups in total. The predicted molar refractivity (Wildman–Crippen MR) is 148 cm³/mol. The molecule has 0 radical (unpaired) electrons. The number of nitrogens with zero attached hydrogens (tertiary/aromatic N) is 4. The van der Waals surface area contributed by atoms with Gasteiger partial charge in [0.2, 0.25) is 5.91 Å². The number of pyridine rings is 1. The molecule has 0 fully saturated rings. The number of carbonyl (C=O) groups is 3. The summed E-state index contributed by atoms with van der Waals surface area (Å²) in [6.07, 6.45) is 1.86. The summed E-state index contributed by atoms with van der Waals surface area (Å²) in [6, 6.07) is 12.3. The highest BCUT2D eigenvalue weighted by Crippen LogP contribution is 2.36. The summed E-state index contributed by atoms with van der Waals surface area (Å²) < 4.78 is 8.73.